The number of aryl methyl sites for hydroxylation is 1. The van der Waals surface area contributed by atoms with Gasteiger partial charge in [0.1, 0.15) is 0 Å². The molecule has 0 unspecified atom stereocenters. The van der Waals surface area contributed by atoms with Crippen LogP contribution in [0.5, 0.6) is 0 Å². The molecule has 0 aliphatic carbocycles. The predicted octanol–water partition coefficient (Wildman–Crippen LogP) is 2.79. The molecule has 0 atom stereocenters. The van der Waals surface area contributed by atoms with Crippen LogP contribution in [0.2, 0.25) is 0 Å². The molecule has 2 amide bonds. The molecular weight excluding hydrogens is 336 g/mol. The second-order valence-corrected chi connectivity index (χ2v) is 6.21. The maximum absolute atomic E-state index is 12.1. The van der Waals surface area contributed by atoms with Crippen LogP contribution in [-0.4, -0.2) is 40.9 Å². The normalized spacial score (nSPS) is 13.6. The minimum atomic E-state index is -1.23. The second-order valence-electron chi connectivity index (χ2n) is 6.21. The third-order valence-corrected chi connectivity index (χ3v) is 4.34. The third kappa shape index (κ3) is 4.30. The fraction of sp³-hybridized carbons (Fsp3) is 0.316. The van der Waals surface area contributed by atoms with Crippen molar-refractivity contribution >= 4 is 23.5 Å². The van der Waals surface area contributed by atoms with Crippen LogP contribution in [0.3, 0.4) is 0 Å². The van der Waals surface area contributed by atoms with Crippen molar-refractivity contribution in [2.24, 2.45) is 0 Å². The zero-order valence-corrected chi connectivity index (χ0v) is 14.2. The highest BCUT2D eigenvalue weighted by Crippen LogP contribution is 2.15. The van der Waals surface area contributed by atoms with Crippen molar-refractivity contribution in [3.8, 4) is 0 Å². The first-order chi connectivity index (χ1) is 12.5. The minimum absolute atomic E-state index is 0.0670. The quantitative estimate of drug-likeness (QED) is 0.829. The van der Waals surface area contributed by atoms with Gasteiger partial charge in [0.15, 0.2) is 5.76 Å². The van der Waals surface area contributed by atoms with E-state index >= 15 is 0 Å². The standard InChI is InChI=1S/C19H20N2O5/c22-17(21-11-1-2-12-21)10-5-13-3-6-14(7-4-13)20-18(23)15-8-9-16(26-15)19(24)25/h3-4,6-9H,1-2,5,10-12H2,(H,20,23)(H,24,25). The van der Waals surface area contributed by atoms with Crippen LogP contribution in [0, 0.1) is 0 Å². The number of amides is 2. The lowest BCUT2D eigenvalue weighted by molar-refractivity contribution is -0.130. The monoisotopic (exact) mass is 356 g/mol. The number of nitrogens with one attached hydrogen (secondary N) is 1. The molecule has 3 rings (SSSR count). The first kappa shape index (κ1) is 17.7. The molecule has 2 heterocycles. The summed E-state index contributed by atoms with van der Waals surface area (Å²) in [6.45, 7) is 1.72. The molecule has 7 heteroatoms. The van der Waals surface area contributed by atoms with Crippen molar-refractivity contribution in [3.63, 3.8) is 0 Å². The Morgan fingerprint density at radius 2 is 1.65 bits per heavy atom. The molecule has 1 saturated heterocycles. The number of carbonyl (C=O) groups excluding carboxylic acids is 2. The Labute approximate surface area is 150 Å². The van der Waals surface area contributed by atoms with Gasteiger partial charge in [-0.3, -0.25) is 9.59 Å². The first-order valence-corrected chi connectivity index (χ1v) is 8.54. The summed E-state index contributed by atoms with van der Waals surface area (Å²) in [5.74, 6) is -1.91. The smallest absolute Gasteiger partial charge is 0.371 e. The highest BCUT2D eigenvalue weighted by Gasteiger charge is 2.17. The van der Waals surface area contributed by atoms with Crippen molar-refractivity contribution in [1.82, 2.24) is 4.90 Å². The van der Waals surface area contributed by atoms with Crippen molar-refractivity contribution in [3.05, 3.63) is 53.5 Å². The molecule has 0 saturated carbocycles. The van der Waals surface area contributed by atoms with Crippen molar-refractivity contribution < 1.29 is 23.9 Å². The molecule has 1 aromatic carbocycles. The van der Waals surface area contributed by atoms with Crippen LogP contribution in [0.25, 0.3) is 0 Å². The fourth-order valence-corrected chi connectivity index (χ4v) is 2.90. The number of carboxylic acids is 1. The molecule has 1 aromatic heterocycles. The van der Waals surface area contributed by atoms with Gasteiger partial charge >= 0.3 is 5.97 Å². The molecule has 2 aromatic rings. The molecule has 136 valence electrons. The molecule has 7 nitrogen and oxygen atoms in total. The molecule has 1 aliphatic rings. The van der Waals surface area contributed by atoms with Crippen molar-refractivity contribution in [2.75, 3.05) is 18.4 Å². The highest BCUT2D eigenvalue weighted by molar-refractivity contribution is 6.02. The van der Waals surface area contributed by atoms with Crippen LogP contribution in [0.1, 0.15) is 45.9 Å². The second kappa shape index (κ2) is 7.86. The number of anilines is 1. The van der Waals surface area contributed by atoms with Crippen molar-refractivity contribution in [2.45, 2.75) is 25.7 Å². The van der Waals surface area contributed by atoms with E-state index in [2.05, 4.69) is 5.32 Å². The summed E-state index contributed by atoms with van der Waals surface area (Å²) in [7, 11) is 0. The van der Waals surface area contributed by atoms with Gasteiger partial charge in [0.05, 0.1) is 0 Å². The summed E-state index contributed by atoms with van der Waals surface area (Å²) >= 11 is 0. The van der Waals surface area contributed by atoms with E-state index in [0.717, 1.165) is 31.5 Å². The van der Waals surface area contributed by atoms with Gasteiger partial charge in [-0.15, -0.1) is 0 Å². The summed E-state index contributed by atoms with van der Waals surface area (Å²) < 4.78 is 4.96. The summed E-state index contributed by atoms with van der Waals surface area (Å²) in [6.07, 6.45) is 3.31. The van der Waals surface area contributed by atoms with Gasteiger partial charge in [0.25, 0.3) is 5.91 Å². The Kier molecular flexibility index (Phi) is 5.36. The number of hydrogen-bond acceptors (Lipinski definition) is 4. The molecule has 2 N–H and O–H groups in total. The molecular formula is C19H20N2O5. The molecule has 1 fully saturated rings. The molecule has 26 heavy (non-hydrogen) atoms. The van der Waals surface area contributed by atoms with Gasteiger partial charge in [0.2, 0.25) is 11.7 Å². The minimum Gasteiger partial charge on any atom is -0.475 e. The summed E-state index contributed by atoms with van der Waals surface area (Å²) in [5.41, 5.74) is 1.58. The maximum atomic E-state index is 12.1. The van der Waals surface area contributed by atoms with E-state index in [-0.39, 0.29) is 17.4 Å². The van der Waals surface area contributed by atoms with Crippen LogP contribution < -0.4 is 5.32 Å². The zero-order valence-electron chi connectivity index (χ0n) is 14.2. The number of carbonyl (C=O) groups is 3. The number of hydrogen-bond donors (Lipinski definition) is 2. The van der Waals surface area contributed by atoms with Crippen LogP contribution in [-0.2, 0) is 11.2 Å². The number of rotatable bonds is 6. The highest BCUT2D eigenvalue weighted by atomic mass is 16.4. The summed E-state index contributed by atoms with van der Waals surface area (Å²) in [5, 5.41) is 11.5. The average Bonchev–Trinajstić information content (AvgIpc) is 3.32. The largest absolute Gasteiger partial charge is 0.475 e. The van der Waals surface area contributed by atoms with Gasteiger partial charge in [-0.2, -0.15) is 0 Å². The van der Waals surface area contributed by atoms with E-state index in [1.54, 1.807) is 12.1 Å². The average molecular weight is 356 g/mol. The predicted molar refractivity (Wildman–Crippen MR) is 94.2 cm³/mol. The lowest BCUT2D eigenvalue weighted by atomic mass is 10.1. The summed E-state index contributed by atoms with van der Waals surface area (Å²) in [6, 6.07) is 9.76. The number of aromatic carboxylic acids is 1. The lowest BCUT2D eigenvalue weighted by Gasteiger charge is -2.15. The van der Waals surface area contributed by atoms with Gasteiger partial charge in [-0.1, -0.05) is 12.1 Å². The Balaban J connectivity index is 1.52. The Hall–Kier alpha value is -3.09. The van der Waals surface area contributed by atoms with E-state index in [1.165, 1.54) is 12.1 Å². The van der Waals surface area contributed by atoms with E-state index < -0.39 is 11.9 Å². The van der Waals surface area contributed by atoms with Gasteiger partial charge in [-0.25, -0.2) is 4.79 Å². The zero-order chi connectivity index (χ0) is 18.5. The Bertz CT molecular complexity index is 804. The molecule has 1 aliphatic heterocycles. The number of nitrogens with zero attached hydrogens (tertiary/aromatic N) is 1. The summed E-state index contributed by atoms with van der Waals surface area (Å²) in [4.78, 5) is 36.8. The SMILES string of the molecule is O=C(O)c1ccc(C(=O)Nc2ccc(CCC(=O)N3CCCC3)cc2)o1. The first-order valence-electron chi connectivity index (χ1n) is 8.54. The Morgan fingerprint density at radius 1 is 1.00 bits per heavy atom. The van der Waals surface area contributed by atoms with Crippen LogP contribution >= 0.6 is 0 Å². The number of furan rings is 1. The number of likely N-dealkylation sites (tertiary alicyclic amines) is 1. The van der Waals surface area contributed by atoms with E-state index in [4.69, 9.17) is 9.52 Å². The van der Waals surface area contributed by atoms with E-state index in [9.17, 15) is 14.4 Å². The number of carboxylic acid groups (broad SMARTS) is 1. The van der Waals surface area contributed by atoms with Gasteiger partial charge in [0, 0.05) is 25.2 Å². The molecule has 0 bridgehead atoms. The maximum Gasteiger partial charge on any atom is 0.371 e. The fourth-order valence-electron chi connectivity index (χ4n) is 2.90. The third-order valence-electron chi connectivity index (χ3n) is 4.34. The van der Waals surface area contributed by atoms with Gasteiger partial charge in [-0.05, 0) is 49.1 Å². The molecule has 0 radical (unpaired) electrons. The Morgan fingerprint density at radius 3 is 2.27 bits per heavy atom. The van der Waals surface area contributed by atoms with Gasteiger partial charge < -0.3 is 19.7 Å². The topological polar surface area (TPSA) is 99.8 Å². The van der Waals surface area contributed by atoms with E-state index in [1.807, 2.05) is 17.0 Å². The number of benzene rings is 1. The van der Waals surface area contributed by atoms with Crippen LogP contribution in [0.4, 0.5) is 5.69 Å². The van der Waals surface area contributed by atoms with E-state index in [0.29, 0.717) is 18.5 Å². The molecule has 0 spiro atoms. The van der Waals surface area contributed by atoms with Crippen molar-refractivity contribution in [1.29, 1.82) is 0 Å². The van der Waals surface area contributed by atoms with Crippen LogP contribution in [0.15, 0.2) is 40.8 Å². The lowest BCUT2D eigenvalue weighted by Crippen LogP contribution is -2.27.